The van der Waals surface area contributed by atoms with Gasteiger partial charge in [-0.05, 0) is 30.5 Å². The summed E-state index contributed by atoms with van der Waals surface area (Å²) in [6.45, 7) is 8.39. The van der Waals surface area contributed by atoms with Crippen LogP contribution in [0.15, 0.2) is 42.6 Å². The van der Waals surface area contributed by atoms with Gasteiger partial charge >= 0.3 is 6.03 Å². The zero-order chi connectivity index (χ0) is 21.1. The molecule has 2 aromatic rings. The first-order chi connectivity index (χ1) is 14.5. The smallest absolute Gasteiger partial charge is 0.317 e. The van der Waals surface area contributed by atoms with Crippen molar-refractivity contribution >= 4 is 17.6 Å². The molecule has 1 atom stereocenters. The van der Waals surface area contributed by atoms with Gasteiger partial charge in [0.25, 0.3) is 5.91 Å². The molecule has 1 aromatic carbocycles. The molecule has 0 spiro atoms. The van der Waals surface area contributed by atoms with Gasteiger partial charge in [0.2, 0.25) is 0 Å². The number of carbonyl (C=O) groups is 2. The molecule has 2 N–H and O–H groups in total. The Morgan fingerprint density at radius 2 is 2.07 bits per heavy atom. The number of benzene rings is 1. The van der Waals surface area contributed by atoms with Gasteiger partial charge in [-0.15, -0.1) is 0 Å². The standard InChI is InChI=1S/C23H29N5O2/c1-17-14-19(28-11-8-23(2,16-28)18-6-4-3-5-7-18)15-26-20(17)21(29)24-9-12-27-13-10-25-22(27)30/h3-7,14-15H,8-13,16H2,1-2H3,(H,24,29)(H,25,30). The van der Waals surface area contributed by atoms with E-state index in [1.807, 2.05) is 13.0 Å². The Kier molecular flexibility index (Phi) is 5.61. The van der Waals surface area contributed by atoms with Crippen LogP contribution >= 0.6 is 0 Å². The number of aromatic nitrogens is 1. The monoisotopic (exact) mass is 407 g/mol. The number of nitrogens with one attached hydrogen (secondary N) is 2. The Hall–Kier alpha value is -3.09. The Balaban J connectivity index is 1.37. The molecule has 2 saturated heterocycles. The summed E-state index contributed by atoms with van der Waals surface area (Å²) in [5, 5.41) is 5.63. The van der Waals surface area contributed by atoms with Gasteiger partial charge in [-0.1, -0.05) is 37.3 Å². The molecule has 0 bridgehead atoms. The summed E-state index contributed by atoms with van der Waals surface area (Å²) in [7, 11) is 0. The zero-order valence-corrected chi connectivity index (χ0v) is 17.6. The van der Waals surface area contributed by atoms with Crippen LogP contribution in [0.4, 0.5) is 10.5 Å². The Morgan fingerprint density at radius 3 is 2.77 bits per heavy atom. The summed E-state index contributed by atoms with van der Waals surface area (Å²) in [4.78, 5) is 32.6. The molecule has 3 amide bonds. The van der Waals surface area contributed by atoms with E-state index in [2.05, 4.69) is 57.8 Å². The van der Waals surface area contributed by atoms with Crippen LogP contribution in [-0.4, -0.2) is 61.1 Å². The van der Waals surface area contributed by atoms with Crippen LogP contribution in [0.1, 0.15) is 35.0 Å². The average molecular weight is 408 g/mol. The third-order valence-electron chi connectivity index (χ3n) is 6.20. The number of carbonyl (C=O) groups excluding carboxylic acids is 2. The third kappa shape index (κ3) is 4.10. The van der Waals surface area contributed by atoms with Gasteiger partial charge in [-0.25, -0.2) is 9.78 Å². The number of hydrogen-bond acceptors (Lipinski definition) is 4. The molecule has 4 rings (SSSR count). The molecule has 3 heterocycles. The van der Waals surface area contributed by atoms with Crippen molar-refractivity contribution < 1.29 is 9.59 Å². The molecule has 158 valence electrons. The maximum absolute atomic E-state index is 12.5. The van der Waals surface area contributed by atoms with Gasteiger partial charge in [0.1, 0.15) is 5.69 Å². The van der Waals surface area contributed by atoms with Crippen molar-refractivity contribution in [3.8, 4) is 0 Å². The molecule has 7 nitrogen and oxygen atoms in total. The minimum atomic E-state index is -0.200. The van der Waals surface area contributed by atoms with Crippen LogP contribution in [0.2, 0.25) is 0 Å². The maximum atomic E-state index is 12.5. The van der Waals surface area contributed by atoms with E-state index in [9.17, 15) is 9.59 Å². The van der Waals surface area contributed by atoms with E-state index in [1.54, 1.807) is 11.1 Å². The summed E-state index contributed by atoms with van der Waals surface area (Å²) < 4.78 is 0. The molecule has 2 aliphatic rings. The number of nitrogens with zero attached hydrogens (tertiary/aromatic N) is 3. The number of pyridine rings is 1. The second kappa shape index (κ2) is 8.34. The number of amides is 3. The fourth-order valence-electron chi connectivity index (χ4n) is 4.34. The quantitative estimate of drug-likeness (QED) is 0.770. The van der Waals surface area contributed by atoms with E-state index >= 15 is 0 Å². The van der Waals surface area contributed by atoms with Gasteiger partial charge in [-0.2, -0.15) is 0 Å². The van der Waals surface area contributed by atoms with Gasteiger partial charge in [-0.3, -0.25) is 4.79 Å². The number of aryl methyl sites for hydroxylation is 1. The number of hydrogen-bond donors (Lipinski definition) is 2. The predicted molar refractivity (Wildman–Crippen MR) is 117 cm³/mol. The maximum Gasteiger partial charge on any atom is 0.317 e. The Bertz CT molecular complexity index is 932. The van der Waals surface area contributed by atoms with Crippen molar-refractivity contribution in [1.82, 2.24) is 20.5 Å². The van der Waals surface area contributed by atoms with Crippen molar-refractivity contribution in [2.24, 2.45) is 0 Å². The van der Waals surface area contributed by atoms with Crippen molar-refractivity contribution in [3.63, 3.8) is 0 Å². The third-order valence-corrected chi connectivity index (χ3v) is 6.20. The minimum Gasteiger partial charge on any atom is -0.369 e. The van der Waals surface area contributed by atoms with Gasteiger partial charge in [0, 0.05) is 44.7 Å². The summed E-state index contributed by atoms with van der Waals surface area (Å²) >= 11 is 0. The highest BCUT2D eigenvalue weighted by atomic mass is 16.2. The van der Waals surface area contributed by atoms with E-state index < -0.39 is 0 Å². The predicted octanol–water partition coefficient (Wildman–Crippen LogP) is 2.31. The zero-order valence-electron chi connectivity index (χ0n) is 17.6. The largest absolute Gasteiger partial charge is 0.369 e. The SMILES string of the molecule is Cc1cc(N2CCC(C)(c3ccccc3)C2)cnc1C(=O)NCCN1CCNC1=O. The second-order valence-electron chi connectivity index (χ2n) is 8.43. The van der Waals surface area contributed by atoms with Crippen molar-refractivity contribution in [1.29, 1.82) is 0 Å². The van der Waals surface area contributed by atoms with E-state index in [1.165, 1.54) is 5.56 Å². The average Bonchev–Trinajstić information content (AvgIpc) is 3.35. The molecule has 30 heavy (non-hydrogen) atoms. The molecular formula is C23H29N5O2. The number of urea groups is 1. The van der Waals surface area contributed by atoms with Crippen molar-refractivity contribution in [2.75, 3.05) is 44.2 Å². The topological polar surface area (TPSA) is 77.6 Å². The fraction of sp³-hybridized carbons (Fsp3) is 0.435. The van der Waals surface area contributed by atoms with E-state index in [4.69, 9.17) is 0 Å². The highest BCUT2D eigenvalue weighted by Gasteiger charge is 2.35. The van der Waals surface area contributed by atoms with Crippen molar-refractivity contribution in [2.45, 2.75) is 25.7 Å². The van der Waals surface area contributed by atoms with E-state index in [0.717, 1.165) is 30.8 Å². The minimum absolute atomic E-state index is 0.0731. The molecule has 2 fully saturated rings. The second-order valence-corrected chi connectivity index (χ2v) is 8.43. The lowest BCUT2D eigenvalue weighted by molar-refractivity contribution is 0.0944. The van der Waals surface area contributed by atoms with E-state index in [0.29, 0.717) is 31.9 Å². The van der Waals surface area contributed by atoms with Gasteiger partial charge in [0.15, 0.2) is 0 Å². The van der Waals surface area contributed by atoms with Gasteiger partial charge in [0.05, 0.1) is 11.9 Å². The summed E-state index contributed by atoms with van der Waals surface area (Å²) in [6.07, 6.45) is 2.88. The van der Waals surface area contributed by atoms with Crippen LogP contribution in [0.3, 0.4) is 0 Å². The van der Waals surface area contributed by atoms with Crippen LogP contribution in [0.25, 0.3) is 0 Å². The normalized spacial score (nSPS) is 21.1. The lowest BCUT2D eigenvalue weighted by Gasteiger charge is -2.26. The molecule has 0 radical (unpaired) electrons. The number of anilines is 1. The molecule has 0 saturated carbocycles. The lowest BCUT2D eigenvalue weighted by Crippen LogP contribution is -2.37. The molecule has 2 aliphatic heterocycles. The van der Waals surface area contributed by atoms with Crippen LogP contribution in [0, 0.1) is 6.92 Å². The Morgan fingerprint density at radius 1 is 1.27 bits per heavy atom. The lowest BCUT2D eigenvalue weighted by atomic mass is 9.82. The summed E-state index contributed by atoms with van der Waals surface area (Å²) in [6, 6.07) is 12.6. The Labute approximate surface area is 177 Å². The highest BCUT2D eigenvalue weighted by molar-refractivity contribution is 5.94. The summed E-state index contributed by atoms with van der Waals surface area (Å²) in [5.41, 5.74) is 3.83. The summed E-state index contributed by atoms with van der Waals surface area (Å²) in [5.74, 6) is -0.200. The van der Waals surface area contributed by atoms with Crippen LogP contribution < -0.4 is 15.5 Å². The molecule has 0 aliphatic carbocycles. The van der Waals surface area contributed by atoms with Gasteiger partial charge < -0.3 is 20.4 Å². The van der Waals surface area contributed by atoms with Crippen molar-refractivity contribution in [3.05, 3.63) is 59.4 Å². The van der Waals surface area contributed by atoms with E-state index in [-0.39, 0.29) is 17.4 Å². The van der Waals surface area contributed by atoms with Crippen LogP contribution in [0.5, 0.6) is 0 Å². The first kappa shape index (κ1) is 20.2. The first-order valence-electron chi connectivity index (χ1n) is 10.5. The number of rotatable bonds is 6. The molecule has 7 heteroatoms. The van der Waals surface area contributed by atoms with Crippen LogP contribution in [-0.2, 0) is 5.41 Å². The first-order valence-corrected chi connectivity index (χ1v) is 10.5. The highest BCUT2D eigenvalue weighted by Crippen LogP contribution is 2.36. The molecule has 1 unspecified atom stereocenters. The molecule has 1 aromatic heterocycles. The molecular weight excluding hydrogens is 378 g/mol. The fourth-order valence-corrected chi connectivity index (χ4v) is 4.34.